The maximum atomic E-state index is 12.6. The smallest absolute Gasteiger partial charge is 0.251 e. The molecule has 0 aliphatic heterocycles. The van der Waals surface area contributed by atoms with Crippen LogP contribution in [0.1, 0.15) is 42.7 Å². The first kappa shape index (κ1) is 21.4. The average molecular weight is 455 g/mol. The summed E-state index contributed by atoms with van der Waals surface area (Å²) in [6, 6.07) is 11.4. The Morgan fingerprint density at radius 2 is 1.81 bits per heavy atom. The number of ether oxygens (including phenoxy) is 1. The summed E-state index contributed by atoms with van der Waals surface area (Å²) < 4.78 is 33.7. The number of hydrogen-bond donors (Lipinski definition) is 2. The standard InChI is InChI=1S/C19H23BrN2O4S/c1-12(2)22-27(24,25)18-11-15(8-9-17(18)26-4)19(23)21-13(3)14-6-5-7-16(20)10-14/h5-13,22H,1-4H3,(H,21,23)/t13-/m0/s1. The number of methoxy groups -OCH3 is 1. The first-order valence-corrected chi connectivity index (χ1v) is 10.7. The number of benzene rings is 2. The highest BCUT2D eigenvalue weighted by Gasteiger charge is 2.23. The van der Waals surface area contributed by atoms with Crippen LogP contribution < -0.4 is 14.8 Å². The number of sulfonamides is 1. The van der Waals surface area contributed by atoms with Gasteiger partial charge >= 0.3 is 0 Å². The van der Waals surface area contributed by atoms with Crippen LogP contribution in [0.2, 0.25) is 0 Å². The van der Waals surface area contributed by atoms with Crippen LogP contribution in [0.25, 0.3) is 0 Å². The molecule has 2 N–H and O–H groups in total. The van der Waals surface area contributed by atoms with Gasteiger partial charge in [0, 0.05) is 16.1 Å². The van der Waals surface area contributed by atoms with Gasteiger partial charge in [-0.3, -0.25) is 4.79 Å². The number of carbonyl (C=O) groups is 1. The molecule has 8 heteroatoms. The van der Waals surface area contributed by atoms with Crippen molar-refractivity contribution in [1.82, 2.24) is 10.0 Å². The zero-order chi connectivity index (χ0) is 20.2. The highest BCUT2D eigenvalue weighted by molar-refractivity contribution is 9.10. The fraction of sp³-hybridized carbons (Fsp3) is 0.316. The fourth-order valence-corrected chi connectivity index (χ4v) is 4.40. The van der Waals surface area contributed by atoms with Crippen molar-refractivity contribution in [3.05, 3.63) is 58.1 Å². The number of halogens is 1. The second-order valence-electron chi connectivity index (χ2n) is 6.39. The Morgan fingerprint density at radius 1 is 1.11 bits per heavy atom. The highest BCUT2D eigenvalue weighted by atomic mass is 79.9. The van der Waals surface area contributed by atoms with Crippen molar-refractivity contribution in [2.75, 3.05) is 7.11 Å². The molecule has 0 fully saturated rings. The molecule has 0 unspecified atom stereocenters. The lowest BCUT2D eigenvalue weighted by atomic mass is 10.1. The van der Waals surface area contributed by atoms with Crippen molar-refractivity contribution >= 4 is 31.9 Å². The van der Waals surface area contributed by atoms with E-state index in [1.807, 2.05) is 31.2 Å². The lowest BCUT2D eigenvalue weighted by molar-refractivity contribution is 0.0939. The number of amides is 1. The van der Waals surface area contributed by atoms with Crippen LogP contribution in [0, 0.1) is 0 Å². The van der Waals surface area contributed by atoms with E-state index in [1.54, 1.807) is 13.8 Å². The van der Waals surface area contributed by atoms with Gasteiger partial charge < -0.3 is 10.1 Å². The van der Waals surface area contributed by atoms with Crippen molar-refractivity contribution < 1.29 is 17.9 Å². The van der Waals surface area contributed by atoms with Gasteiger partial charge in [0.2, 0.25) is 10.0 Å². The van der Waals surface area contributed by atoms with Crippen molar-refractivity contribution in [2.45, 2.75) is 37.8 Å². The van der Waals surface area contributed by atoms with Gasteiger partial charge in [0.15, 0.2) is 0 Å². The van der Waals surface area contributed by atoms with Gasteiger partial charge in [-0.05, 0) is 56.7 Å². The lowest BCUT2D eigenvalue weighted by Crippen LogP contribution is -2.31. The first-order valence-electron chi connectivity index (χ1n) is 8.40. The van der Waals surface area contributed by atoms with E-state index in [1.165, 1.54) is 25.3 Å². The summed E-state index contributed by atoms with van der Waals surface area (Å²) in [5, 5.41) is 2.88. The molecule has 6 nitrogen and oxygen atoms in total. The molecule has 0 aliphatic rings. The summed E-state index contributed by atoms with van der Waals surface area (Å²) in [5.41, 5.74) is 1.17. The maximum absolute atomic E-state index is 12.6. The van der Waals surface area contributed by atoms with E-state index < -0.39 is 10.0 Å². The minimum Gasteiger partial charge on any atom is -0.495 e. The van der Waals surface area contributed by atoms with Crippen LogP contribution in [0.5, 0.6) is 5.75 Å². The van der Waals surface area contributed by atoms with Crippen molar-refractivity contribution in [2.24, 2.45) is 0 Å². The topological polar surface area (TPSA) is 84.5 Å². The van der Waals surface area contributed by atoms with E-state index in [-0.39, 0.29) is 34.2 Å². The van der Waals surface area contributed by atoms with Crippen LogP contribution in [0.3, 0.4) is 0 Å². The summed E-state index contributed by atoms with van der Waals surface area (Å²) in [6.07, 6.45) is 0. The molecule has 0 radical (unpaired) electrons. The zero-order valence-electron chi connectivity index (χ0n) is 15.6. The van der Waals surface area contributed by atoms with Gasteiger partial charge in [-0.15, -0.1) is 0 Å². The van der Waals surface area contributed by atoms with Crippen molar-refractivity contribution in [3.8, 4) is 5.75 Å². The van der Waals surface area contributed by atoms with E-state index >= 15 is 0 Å². The average Bonchev–Trinajstić information content (AvgIpc) is 2.60. The minimum atomic E-state index is -3.81. The number of rotatable bonds is 7. The van der Waals surface area contributed by atoms with E-state index in [4.69, 9.17) is 4.74 Å². The van der Waals surface area contributed by atoms with Gasteiger partial charge in [-0.2, -0.15) is 0 Å². The predicted octanol–water partition coefficient (Wildman–Crippen LogP) is 3.64. The Hall–Kier alpha value is -1.90. The number of nitrogens with one attached hydrogen (secondary N) is 2. The largest absolute Gasteiger partial charge is 0.495 e. The Labute approximate surface area is 168 Å². The predicted molar refractivity (Wildman–Crippen MR) is 108 cm³/mol. The fourth-order valence-electron chi connectivity index (χ4n) is 2.54. The summed E-state index contributed by atoms with van der Waals surface area (Å²) >= 11 is 3.41. The van der Waals surface area contributed by atoms with E-state index in [2.05, 4.69) is 26.0 Å². The van der Waals surface area contributed by atoms with E-state index in [0.717, 1.165) is 10.0 Å². The normalized spacial score (nSPS) is 12.7. The third-order valence-corrected chi connectivity index (χ3v) is 5.98. The van der Waals surface area contributed by atoms with Gasteiger partial charge in [0.05, 0.1) is 13.2 Å². The molecule has 2 rings (SSSR count). The molecule has 2 aromatic rings. The molecule has 1 amide bonds. The van der Waals surface area contributed by atoms with Crippen LogP contribution in [-0.4, -0.2) is 27.5 Å². The van der Waals surface area contributed by atoms with Gasteiger partial charge in [0.25, 0.3) is 5.91 Å². The number of hydrogen-bond acceptors (Lipinski definition) is 4. The van der Waals surface area contributed by atoms with Gasteiger partial charge in [0.1, 0.15) is 10.6 Å². The van der Waals surface area contributed by atoms with Gasteiger partial charge in [-0.1, -0.05) is 28.1 Å². The highest BCUT2D eigenvalue weighted by Crippen LogP contribution is 2.26. The second-order valence-corrected chi connectivity index (χ2v) is 8.99. The monoisotopic (exact) mass is 454 g/mol. The van der Waals surface area contributed by atoms with Crippen LogP contribution in [0.15, 0.2) is 51.8 Å². The second kappa shape index (κ2) is 8.86. The molecule has 27 heavy (non-hydrogen) atoms. The molecule has 0 saturated carbocycles. The molecule has 0 saturated heterocycles. The van der Waals surface area contributed by atoms with Gasteiger partial charge in [-0.25, -0.2) is 13.1 Å². The summed E-state index contributed by atoms with van der Waals surface area (Å²) in [7, 11) is -2.42. The van der Waals surface area contributed by atoms with Crippen LogP contribution in [-0.2, 0) is 10.0 Å². The van der Waals surface area contributed by atoms with E-state index in [9.17, 15) is 13.2 Å². The first-order chi connectivity index (χ1) is 12.6. The minimum absolute atomic E-state index is 0.0681. The lowest BCUT2D eigenvalue weighted by Gasteiger charge is -2.17. The summed E-state index contributed by atoms with van der Waals surface area (Å²) in [4.78, 5) is 12.6. The molecule has 2 aromatic carbocycles. The molecular weight excluding hydrogens is 432 g/mol. The number of carbonyl (C=O) groups excluding carboxylic acids is 1. The molecule has 0 aromatic heterocycles. The SMILES string of the molecule is COc1ccc(C(=O)N[C@@H](C)c2cccc(Br)c2)cc1S(=O)(=O)NC(C)C. The summed E-state index contributed by atoms with van der Waals surface area (Å²) in [6.45, 7) is 5.31. The molecule has 0 spiro atoms. The molecular formula is C19H23BrN2O4S. The third-order valence-electron chi connectivity index (χ3n) is 3.80. The Bertz CT molecular complexity index is 929. The van der Waals surface area contributed by atoms with Crippen molar-refractivity contribution in [3.63, 3.8) is 0 Å². The van der Waals surface area contributed by atoms with Crippen molar-refractivity contribution in [1.29, 1.82) is 0 Å². The zero-order valence-corrected chi connectivity index (χ0v) is 18.0. The molecule has 0 heterocycles. The molecule has 0 aliphatic carbocycles. The Kier molecular flexibility index (Phi) is 7.02. The maximum Gasteiger partial charge on any atom is 0.251 e. The summed E-state index contributed by atoms with van der Waals surface area (Å²) in [5.74, 6) is -0.189. The van der Waals surface area contributed by atoms with Crippen LogP contribution in [0.4, 0.5) is 0 Å². The molecule has 1 atom stereocenters. The quantitative estimate of drug-likeness (QED) is 0.668. The molecule has 0 bridgehead atoms. The van der Waals surface area contributed by atoms with E-state index in [0.29, 0.717) is 0 Å². The van der Waals surface area contributed by atoms with Crippen LogP contribution >= 0.6 is 15.9 Å². The molecule has 146 valence electrons. The Morgan fingerprint density at radius 3 is 2.41 bits per heavy atom. The Balaban J connectivity index is 2.30. The third kappa shape index (κ3) is 5.54.